The summed E-state index contributed by atoms with van der Waals surface area (Å²) in [6, 6.07) is 26.1. The third-order valence-electron chi connectivity index (χ3n) is 6.44. The second kappa shape index (κ2) is 9.03. The van der Waals surface area contributed by atoms with E-state index < -0.39 is 6.04 Å². The molecule has 36 heavy (non-hydrogen) atoms. The number of hydrogen-bond acceptors (Lipinski definition) is 3. The number of aromatic nitrogens is 3. The van der Waals surface area contributed by atoms with E-state index in [9.17, 15) is 9.59 Å². The Hall–Kier alpha value is -4.91. The van der Waals surface area contributed by atoms with Gasteiger partial charge in [-0.1, -0.05) is 48.5 Å². The van der Waals surface area contributed by atoms with Crippen LogP contribution in [0.25, 0.3) is 32.6 Å². The number of amides is 2. The Labute approximate surface area is 206 Å². The van der Waals surface area contributed by atoms with Crippen molar-refractivity contribution in [2.75, 3.05) is 5.32 Å². The molecule has 4 aromatic carbocycles. The molecule has 0 aliphatic carbocycles. The first-order chi connectivity index (χ1) is 17.6. The molecule has 0 fully saturated rings. The molecule has 0 radical (unpaired) electrons. The maximum Gasteiger partial charge on any atom is 0.251 e. The van der Waals surface area contributed by atoms with E-state index in [1.54, 1.807) is 12.3 Å². The molecule has 0 saturated heterocycles. The van der Waals surface area contributed by atoms with E-state index in [0.717, 1.165) is 38.1 Å². The van der Waals surface area contributed by atoms with E-state index in [1.165, 1.54) is 0 Å². The van der Waals surface area contributed by atoms with Gasteiger partial charge in [0.25, 0.3) is 5.91 Å². The van der Waals surface area contributed by atoms with Crippen LogP contribution in [-0.4, -0.2) is 33.0 Å². The number of aromatic amines is 2. The number of benzene rings is 4. The number of carbonyl (C=O) groups excluding carboxylic acids is 2. The van der Waals surface area contributed by atoms with Crippen molar-refractivity contribution in [2.45, 2.75) is 12.5 Å². The fraction of sp³-hybridized carbons (Fsp3) is 0.0690. The van der Waals surface area contributed by atoms with E-state index in [2.05, 4.69) is 25.8 Å². The van der Waals surface area contributed by atoms with Gasteiger partial charge in [0.1, 0.15) is 6.04 Å². The highest BCUT2D eigenvalue weighted by Crippen LogP contribution is 2.22. The van der Waals surface area contributed by atoms with Crippen molar-refractivity contribution in [3.05, 3.63) is 108 Å². The monoisotopic (exact) mass is 473 g/mol. The average molecular weight is 474 g/mol. The molecule has 2 heterocycles. The maximum absolute atomic E-state index is 13.5. The molecule has 2 aromatic heterocycles. The van der Waals surface area contributed by atoms with E-state index in [-0.39, 0.29) is 11.8 Å². The molecule has 176 valence electrons. The van der Waals surface area contributed by atoms with Crippen LogP contribution in [0.4, 0.5) is 5.69 Å². The lowest BCUT2D eigenvalue weighted by molar-refractivity contribution is -0.118. The van der Waals surface area contributed by atoms with Crippen molar-refractivity contribution in [3.63, 3.8) is 0 Å². The summed E-state index contributed by atoms with van der Waals surface area (Å²) in [6.45, 7) is 0. The van der Waals surface area contributed by atoms with E-state index in [0.29, 0.717) is 17.7 Å². The largest absolute Gasteiger partial charge is 0.361 e. The average Bonchev–Trinajstić information content (AvgIpc) is 3.54. The second-order valence-electron chi connectivity index (χ2n) is 8.81. The summed E-state index contributed by atoms with van der Waals surface area (Å²) in [7, 11) is 0. The maximum atomic E-state index is 13.5. The number of fused-ring (bicyclic) bond motifs is 3. The van der Waals surface area contributed by atoms with Crippen molar-refractivity contribution in [1.29, 1.82) is 0 Å². The highest BCUT2D eigenvalue weighted by atomic mass is 16.2. The summed E-state index contributed by atoms with van der Waals surface area (Å²) in [5, 5.41) is 16.8. The van der Waals surface area contributed by atoms with Crippen LogP contribution < -0.4 is 10.6 Å². The molecular weight excluding hydrogens is 450 g/mol. The van der Waals surface area contributed by atoms with Gasteiger partial charge in [0.15, 0.2) is 0 Å². The summed E-state index contributed by atoms with van der Waals surface area (Å²) in [4.78, 5) is 30.0. The minimum absolute atomic E-state index is 0.294. The first-order valence-corrected chi connectivity index (χ1v) is 11.7. The molecule has 1 unspecified atom stereocenters. The van der Waals surface area contributed by atoms with Gasteiger partial charge in [-0.2, -0.15) is 5.10 Å². The van der Waals surface area contributed by atoms with Crippen LogP contribution in [0.2, 0.25) is 0 Å². The van der Waals surface area contributed by atoms with Crippen molar-refractivity contribution in [2.24, 2.45) is 0 Å². The van der Waals surface area contributed by atoms with Crippen molar-refractivity contribution >= 4 is 50.1 Å². The first-order valence-electron chi connectivity index (χ1n) is 11.7. The summed E-state index contributed by atoms with van der Waals surface area (Å²) in [5.41, 5.74) is 3.96. The van der Waals surface area contributed by atoms with Crippen LogP contribution in [-0.2, 0) is 11.2 Å². The molecule has 0 saturated carbocycles. The van der Waals surface area contributed by atoms with Gasteiger partial charge in [-0.25, -0.2) is 0 Å². The summed E-state index contributed by atoms with van der Waals surface area (Å²) in [5.74, 6) is -0.594. The Morgan fingerprint density at radius 2 is 1.67 bits per heavy atom. The van der Waals surface area contributed by atoms with Gasteiger partial charge in [0.05, 0.1) is 11.7 Å². The van der Waals surface area contributed by atoms with E-state index in [4.69, 9.17) is 0 Å². The molecule has 1 atom stereocenters. The number of anilines is 1. The number of carbonyl (C=O) groups is 2. The van der Waals surface area contributed by atoms with E-state index >= 15 is 0 Å². The molecule has 6 aromatic rings. The van der Waals surface area contributed by atoms with Crippen molar-refractivity contribution in [1.82, 2.24) is 20.5 Å². The zero-order valence-corrected chi connectivity index (χ0v) is 19.3. The highest BCUT2D eigenvalue weighted by molar-refractivity contribution is 6.03. The minimum Gasteiger partial charge on any atom is -0.361 e. The van der Waals surface area contributed by atoms with Gasteiger partial charge in [-0.3, -0.25) is 14.7 Å². The molecule has 0 aliphatic rings. The normalized spacial score (nSPS) is 12.1. The minimum atomic E-state index is -0.789. The smallest absolute Gasteiger partial charge is 0.251 e. The predicted octanol–water partition coefficient (Wildman–Crippen LogP) is 5.18. The Morgan fingerprint density at radius 3 is 2.58 bits per heavy atom. The number of para-hydroxylation sites is 1. The van der Waals surface area contributed by atoms with Crippen molar-refractivity contribution < 1.29 is 9.59 Å². The van der Waals surface area contributed by atoms with Crippen LogP contribution >= 0.6 is 0 Å². The van der Waals surface area contributed by atoms with Gasteiger partial charge >= 0.3 is 0 Å². The summed E-state index contributed by atoms with van der Waals surface area (Å²) >= 11 is 0. The first kappa shape index (κ1) is 21.6. The zero-order chi connectivity index (χ0) is 24.5. The van der Waals surface area contributed by atoms with Gasteiger partial charge in [0.2, 0.25) is 5.91 Å². The van der Waals surface area contributed by atoms with Gasteiger partial charge in [0, 0.05) is 40.2 Å². The summed E-state index contributed by atoms with van der Waals surface area (Å²) in [6.07, 6.45) is 3.93. The lowest BCUT2D eigenvalue weighted by atomic mass is 10.0. The Morgan fingerprint density at radius 1 is 0.833 bits per heavy atom. The van der Waals surface area contributed by atoms with Gasteiger partial charge in [-0.15, -0.1) is 0 Å². The second-order valence-corrected chi connectivity index (χ2v) is 8.81. The lowest BCUT2D eigenvalue weighted by Gasteiger charge is -2.19. The molecule has 4 N–H and O–H groups in total. The Kier molecular flexibility index (Phi) is 5.42. The fourth-order valence-electron chi connectivity index (χ4n) is 4.55. The molecular formula is C29H23N5O2. The molecule has 2 amide bonds. The molecule has 0 aliphatic heterocycles. The highest BCUT2D eigenvalue weighted by Gasteiger charge is 2.24. The fourth-order valence-corrected chi connectivity index (χ4v) is 4.55. The van der Waals surface area contributed by atoms with Crippen molar-refractivity contribution in [3.8, 4) is 0 Å². The van der Waals surface area contributed by atoms with E-state index in [1.807, 2.05) is 85.1 Å². The van der Waals surface area contributed by atoms with Crippen LogP contribution in [0.15, 0.2) is 97.3 Å². The SMILES string of the molecule is O=C(NC(Cc1c[nH]c2ccccc12)C(=O)Nc1ccc2[nH]ncc2c1)c1ccc2ccccc2c1. The zero-order valence-electron chi connectivity index (χ0n) is 19.3. The number of hydrogen-bond donors (Lipinski definition) is 4. The molecule has 6 rings (SSSR count). The predicted molar refractivity (Wildman–Crippen MR) is 142 cm³/mol. The van der Waals surface area contributed by atoms with Gasteiger partial charge < -0.3 is 15.6 Å². The molecule has 0 spiro atoms. The standard InChI is InChI=1S/C29H23N5O2/c35-28(20-10-9-18-5-1-2-6-19(18)13-20)33-27(15-21-16-30-26-8-4-3-7-24(21)26)29(36)32-23-11-12-25-22(14-23)17-31-34-25/h1-14,16-17,27,30H,15H2,(H,31,34)(H,32,36)(H,33,35). The molecule has 7 nitrogen and oxygen atoms in total. The Balaban J connectivity index is 1.29. The van der Waals surface area contributed by atoms with Crippen LogP contribution in [0.1, 0.15) is 15.9 Å². The van der Waals surface area contributed by atoms with Crippen LogP contribution in [0, 0.1) is 0 Å². The summed E-state index contributed by atoms with van der Waals surface area (Å²) < 4.78 is 0. The lowest BCUT2D eigenvalue weighted by Crippen LogP contribution is -2.45. The van der Waals surface area contributed by atoms with Crippen LogP contribution in [0.3, 0.4) is 0 Å². The third kappa shape index (κ3) is 4.18. The topological polar surface area (TPSA) is 103 Å². The number of rotatable bonds is 6. The van der Waals surface area contributed by atoms with Gasteiger partial charge in [-0.05, 0) is 52.7 Å². The number of nitrogens with one attached hydrogen (secondary N) is 4. The quantitative estimate of drug-likeness (QED) is 0.268. The Bertz CT molecular complexity index is 1730. The number of H-pyrrole nitrogens is 2. The molecule has 0 bridgehead atoms. The van der Waals surface area contributed by atoms with Crippen LogP contribution in [0.5, 0.6) is 0 Å². The third-order valence-corrected chi connectivity index (χ3v) is 6.44. The molecule has 7 heteroatoms. The number of nitrogens with zero attached hydrogens (tertiary/aromatic N) is 1.